The molecule has 1 amide bonds. The first-order valence-electron chi connectivity index (χ1n) is 7.08. The number of hydrogen-bond acceptors (Lipinski definition) is 2. The molecule has 0 aromatic carbocycles. The van der Waals surface area contributed by atoms with E-state index in [-0.39, 0.29) is 5.41 Å². The van der Waals surface area contributed by atoms with Crippen LogP contribution < -0.4 is 5.73 Å². The van der Waals surface area contributed by atoms with Crippen molar-refractivity contribution in [3.8, 4) is 0 Å². The maximum Gasteiger partial charge on any atom is 0.228 e. The van der Waals surface area contributed by atoms with Crippen LogP contribution in [0, 0.1) is 11.3 Å². The molecule has 1 saturated heterocycles. The van der Waals surface area contributed by atoms with Crippen molar-refractivity contribution in [2.24, 2.45) is 17.1 Å². The van der Waals surface area contributed by atoms with Gasteiger partial charge >= 0.3 is 0 Å². The van der Waals surface area contributed by atoms with Crippen LogP contribution in [0.3, 0.4) is 0 Å². The zero-order valence-corrected chi connectivity index (χ0v) is 11.2. The molecule has 17 heavy (non-hydrogen) atoms. The molecule has 3 nitrogen and oxygen atoms in total. The Hall–Kier alpha value is -0.570. The van der Waals surface area contributed by atoms with E-state index in [0.717, 1.165) is 45.2 Å². The fourth-order valence-corrected chi connectivity index (χ4v) is 3.33. The van der Waals surface area contributed by atoms with Gasteiger partial charge in [-0.25, -0.2) is 0 Å². The van der Waals surface area contributed by atoms with Crippen molar-refractivity contribution in [1.82, 2.24) is 4.90 Å². The van der Waals surface area contributed by atoms with Gasteiger partial charge in [0.2, 0.25) is 5.91 Å². The largest absolute Gasteiger partial charge is 0.342 e. The monoisotopic (exact) mass is 238 g/mol. The molecule has 1 saturated carbocycles. The number of piperidine rings is 1. The molecule has 0 atom stereocenters. The molecule has 0 unspecified atom stereocenters. The summed E-state index contributed by atoms with van der Waals surface area (Å²) in [4.78, 5) is 14.7. The van der Waals surface area contributed by atoms with Crippen LogP contribution in [0.4, 0.5) is 0 Å². The molecule has 2 N–H and O–H groups in total. The number of hydrogen-bond donors (Lipinski definition) is 1. The van der Waals surface area contributed by atoms with E-state index in [4.69, 9.17) is 5.73 Å². The lowest BCUT2D eigenvalue weighted by Crippen LogP contribution is -2.52. The van der Waals surface area contributed by atoms with Gasteiger partial charge in [0, 0.05) is 24.5 Å². The number of nitrogens with zero attached hydrogens (tertiary/aromatic N) is 1. The van der Waals surface area contributed by atoms with Gasteiger partial charge in [0.05, 0.1) is 0 Å². The molecule has 0 radical (unpaired) electrons. The molecular formula is C14H26N2O. The van der Waals surface area contributed by atoms with Gasteiger partial charge in [-0.2, -0.15) is 0 Å². The van der Waals surface area contributed by atoms with E-state index in [1.165, 1.54) is 6.42 Å². The highest BCUT2D eigenvalue weighted by molar-refractivity contribution is 5.83. The number of rotatable bonds is 3. The molecule has 0 aromatic heterocycles. The van der Waals surface area contributed by atoms with Gasteiger partial charge in [0.25, 0.3) is 0 Å². The molecule has 0 aromatic rings. The number of carbonyl (C=O) groups excluding carboxylic acids is 1. The second-order valence-corrected chi connectivity index (χ2v) is 6.36. The molecule has 2 aliphatic rings. The Morgan fingerprint density at radius 3 is 2.35 bits per heavy atom. The standard InChI is InChI=1S/C14H26N2O/c1-11(2)10-14(6-3-7-14)13(17)16-8-4-12(15)5-9-16/h11-12H,3-10,15H2,1-2H3. The number of likely N-dealkylation sites (tertiary alicyclic amines) is 1. The van der Waals surface area contributed by atoms with E-state index in [0.29, 0.717) is 17.9 Å². The van der Waals surface area contributed by atoms with Crippen LogP contribution in [-0.2, 0) is 4.79 Å². The lowest BCUT2D eigenvalue weighted by Gasteiger charge is -2.46. The van der Waals surface area contributed by atoms with Gasteiger partial charge < -0.3 is 10.6 Å². The summed E-state index contributed by atoms with van der Waals surface area (Å²) in [5.41, 5.74) is 5.89. The fourth-order valence-electron chi connectivity index (χ4n) is 3.33. The average Bonchev–Trinajstić information content (AvgIpc) is 2.23. The topological polar surface area (TPSA) is 46.3 Å². The van der Waals surface area contributed by atoms with Gasteiger partial charge in [0.1, 0.15) is 0 Å². The minimum absolute atomic E-state index is 0.00436. The first kappa shape index (κ1) is 12.9. The molecule has 1 aliphatic heterocycles. The molecule has 2 rings (SSSR count). The van der Waals surface area contributed by atoms with Crippen molar-refractivity contribution in [3.63, 3.8) is 0 Å². The van der Waals surface area contributed by atoms with Crippen molar-refractivity contribution in [1.29, 1.82) is 0 Å². The van der Waals surface area contributed by atoms with E-state index < -0.39 is 0 Å². The first-order chi connectivity index (χ1) is 8.03. The fraction of sp³-hybridized carbons (Fsp3) is 0.929. The Morgan fingerprint density at radius 2 is 1.94 bits per heavy atom. The number of amides is 1. The van der Waals surface area contributed by atoms with E-state index in [1.54, 1.807) is 0 Å². The quantitative estimate of drug-likeness (QED) is 0.819. The second kappa shape index (κ2) is 4.97. The van der Waals surface area contributed by atoms with Gasteiger partial charge in [-0.05, 0) is 38.0 Å². The van der Waals surface area contributed by atoms with Crippen LogP contribution in [0.5, 0.6) is 0 Å². The van der Waals surface area contributed by atoms with Crippen molar-refractivity contribution in [2.45, 2.75) is 58.4 Å². The van der Waals surface area contributed by atoms with Crippen molar-refractivity contribution < 1.29 is 4.79 Å². The summed E-state index contributed by atoms with van der Waals surface area (Å²) in [6, 6.07) is 0.307. The third kappa shape index (κ3) is 2.65. The lowest BCUT2D eigenvalue weighted by atomic mass is 9.63. The summed E-state index contributed by atoms with van der Waals surface area (Å²) in [7, 11) is 0. The number of carbonyl (C=O) groups is 1. The molecule has 3 heteroatoms. The predicted octanol–water partition coefficient (Wildman–Crippen LogP) is 2.15. The smallest absolute Gasteiger partial charge is 0.228 e. The molecule has 0 spiro atoms. The third-order valence-corrected chi connectivity index (χ3v) is 4.39. The van der Waals surface area contributed by atoms with Gasteiger partial charge in [0.15, 0.2) is 0 Å². The van der Waals surface area contributed by atoms with Gasteiger partial charge in [-0.15, -0.1) is 0 Å². The Morgan fingerprint density at radius 1 is 1.35 bits per heavy atom. The summed E-state index contributed by atoms with van der Waals surface area (Å²) in [5.74, 6) is 1.04. The Labute approximate surface area is 105 Å². The summed E-state index contributed by atoms with van der Waals surface area (Å²) >= 11 is 0. The highest BCUT2D eigenvalue weighted by Crippen LogP contribution is 2.47. The normalized spacial score (nSPS) is 24.8. The van der Waals surface area contributed by atoms with Crippen LogP contribution in [-0.4, -0.2) is 29.9 Å². The van der Waals surface area contributed by atoms with Crippen LogP contribution in [0.1, 0.15) is 52.4 Å². The van der Waals surface area contributed by atoms with Crippen molar-refractivity contribution in [3.05, 3.63) is 0 Å². The molecule has 2 fully saturated rings. The molecule has 98 valence electrons. The maximum atomic E-state index is 12.6. The van der Waals surface area contributed by atoms with E-state index >= 15 is 0 Å². The van der Waals surface area contributed by atoms with Gasteiger partial charge in [-0.3, -0.25) is 4.79 Å². The average molecular weight is 238 g/mol. The minimum Gasteiger partial charge on any atom is -0.342 e. The van der Waals surface area contributed by atoms with Crippen LogP contribution >= 0.6 is 0 Å². The lowest BCUT2D eigenvalue weighted by molar-refractivity contribution is -0.150. The van der Waals surface area contributed by atoms with Crippen LogP contribution in [0.25, 0.3) is 0 Å². The van der Waals surface area contributed by atoms with Crippen LogP contribution in [0.15, 0.2) is 0 Å². The third-order valence-electron chi connectivity index (χ3n) is 4.39. The predicted molar refractivity (Wildman–Crippen MR) is 69.5 cm³/mol. The summed E-state index contributed by atoms with van der Waals surface area (Å²) in [5, 5.41) is 0. The molecule has 1 heterocycles. The second-order valence-electron chi connectivity index (χ2n) is 6.36. The van der Waals surface area contributed by atoms with Gasteiger partial charge in [-0.1, -0.05) is 20.3 Å². The van der Waals surface area contributed by atoms with Crippen LogP contribution in [0.2, 0.25) is 0 Å². The Balaban J connectivity index is 1.97. The minimum atomic E-state index is -0.00436. The first-order valence-corrected chi connectivity index (χ1v) is 7.08. The summed E-state index contributed by atoms with van der Waals surface area (Å²) in [6.45, 7) is 6.19. The zero-order valence-electron chi connectivity index (χ0n) is 11.2. The maximum absolute atomic E-state index is 12.6. The zero-order chi connectivity index (χ0) is 12.5. The van der Waals surface area contributed by atoms with E-state index in [2.05, 4.69) is 18.7 Å². The Kier molecular flexibility index (Phi) is 3.76. The van der Waals surface area contributed by atoms with E-state index in [1.807, 2.05) is 0 Å². The molecule has 0 bridgehead atoms. The molecule has 1 aliphatic carbocycles. The summed E-state index contributed by atoms with van der Waals surface area (Å²) in [6.07, 6.45) is 6.45. The molecular weight excluding hydrogens is 212 g/mol. The highest BCUT2D eigenvalue weighted by Gasteiger charge is 2.46. The SMILES string of the molecule is CC(C)CC1(C(=O)N2CCC(N)CC2)CCC1. The summed E-state index contributed by atoms with van der Waals surface area (Å²) < 4.78 is 0. The highest BCUT2D eigenvalue weighted by atomic mass is 16.2. The number of nitrogens with two attached hydrogens (primary N) is 1. The Bertz CT molecular complexity index is 276. The van der Waals surface area contributed by atoms with Crippen molar-refractivity contribution in [2.75, 3.05) is 13.1 Å². The van der Waals surface area contributed by atoms with Crippen molar-refractivity contribution >= 4 is 5.91 Å². The van der Waals surface area contributed by atoms with E-state index in [9.17, 15) is 4.79 Å².